The highest BCUT2D eigenvalue weighted by Gasteiger charge is 2.68. The summed E-state index contributed by atoms with van der Waals surface area (Å²) in [6, 6.07) is 9.73. The summed E-state index contributed by atoms with van der Waals surface area (Å²) < 4.78 is 15.1. The molecule has 4 fully saturated rings. The first-order valence-electron chi connectivity index (χ1n) is 17.1. The van der Waals surface area contributed by atoms with Gasteiger partial charge in [-0.05, 0) is 75.7 Å². The normalized spacial score (nSPS) is 29.6. The van der Waals surface area contributed by atoms with E-state index in [1.54, 1.807) is 11.6 Å². The van der Waals surface area contributed by atoms with Crippen molar-refractivity contribution in [1.82, 2.24) is 20.4 Å². The second kappa shape index (κ2) is 12.5. The lowest BCUT2D eigenvalue weighted by Gasteiger charge is -2.64. The first kappa shape index (κ1) is 34.0. The molecule has 0 spiro atoms. The third-order valence-electron chi connectivity index (χ3n) is 11.1. The molecule has 12 heteroatoms. The average molecular weight is 666 g/mol. The van der Waals surface area contributed by atoms with Crippen molar-refractivity contribution in [3.05, 3.63) is 52.3 Å². The van der Waals surface area contributed by atoms with Crippen molar-refractivity contribution in [3.63, 3.8) is 0 Å². The predicted molar refractivity (Wildman–Crippen MR) is 182 cm³/mol. The Balaban J connectivity index is 1.19. The summed E-state index contributed by atoms with van der Waals surface area (Å²) in [6.45, 7) is 16.9. The van der Waals surface area contributed by atoms with Gasteiger partial charge in [0, 0.05) is 18.9 Å². The van der Waals surface area contributed by atoms with E-state index in [1.165, 1.54) is 0 Å². The molecule has 1 aromatic carbocycles. The van der Waals surface area contributed by atoms with Gasteiger partial charge in [0.15, 0.2) is 0 Å². The molecule has 3 aliphatic carbocycles. The van der Waals surface area contributed by atoms with Gasteiger partial charge in [-0.15, -0.1) is 0 Å². The second-order valence-corrected chi connectivity index (χ2v) is 16.0. The largest absolute Gasteiger partial charge is 0.481 e. The quantitative estimate of drug-likeness (QED) is 0.297. The minimum absolute atomic E-state index is 0.0136. The fourth-order valence-electron chi connectivity index (χ4n) is 8.35. The number of aryl methyl sites for hydroxylation is 1. The van der Waals surface area contributed by atoms with Gasteiger partial charge in [-0.25, -0.2) is 0 Å². The molecular weight excluding hydrogens is 617 g/mol. The van der Waals surface area contributed by atoms with Crippen LogP contribution < -0.4 is 10.6 Å². The number of benzene rings is 1. The number of carbonyl (C=O) groups excluding carboxylic acids is 2. The Bertz CT molecular complexity index is 1550. The Morgan fingerprint density at radius 3 is 2.51 bits per heavy atom. The van der Waals surface area contributed by atoms with E-state index in [0.29, 0.717) is 52.7 Å². The van der Waals surface area contributed by atoms with Gasteiger partial charge in [-0.2, -0.15) is 5.10 Å². The van der Waals surface area contributed by atoms with E-state index >= 15 is 0 Å². The Kier molecular flexibility index (Phi) is 9.06. The molecule has 10 nitrogen and oxygen atoms in total. The fraction of sp³-hybridized carbons (Fsp3) is 0.657. The van der Waals surface area contributed by atoms with Gasteiger partial charge in [-0.3, -0.25) is 14.3 Å². The molecular formula is C35H49BClN5O5. The van der Waals surface area contributed by atoms with Crippen LogP contribution in [-0.4, -0.2) is 64.2 Å². The molecule has 3 heterocycles. The maximum absolute atomic E-state index is 14.4. The predicted octanol–water partition coefficient (Wildman–Crippen LogP) is 5.71. The smallest absolute Gasteiger partial charge is 0.404 e. The minimum atomic E-state index is -1.30. The summed E-state index contributed by atoms with van der Waals surface area (Å²) >= 11 is 6.46. The molecule has 6 atom stereocenters. The van der Waals surface area contributed by atoms with Gasteiger partial charge in [-0.1, -0.05) is 74.8 Å². The van der Waals surface area contributed by atoms with Crippen molar-refractivity contribution < 1.29 is 23.7 Å². The first-order chi connectivity index (χ1) is 22.1. The molecule has 2 bridgehead atoms. The van der Waals surface area contributed by atoms with E-state index in [2.05, 4.69) is 55.5 Å². The van der Waals surface area contributed by atoms with E-state index in [9.17, 15) is 9.59 Å². The highest BCUT2D eigenvalue weighted by molar-refractivity contribution is 6.48. The molecule has 254 valence electrons. The van der Waals surface area contributed by atoms with Gasteiger partial charge in [0.25, 0.3) is 11.8 Å². The number of amides is 2. The number of aromatic nitrogens is 2. The molecule has 2 aromatic rings. The Morgan fingerprint density at radius 2 is 1.85 bits per heavy atom. The van der Waals surface area contributed by atoms with Crippen LogP contribution in [0.2, 0.25) is 5.02 Å². The van der Waals surface area contributed by atoms with E-state index in [4.69, 9.17) is 25.7 Å². The van der Waals surface area contributed by atoms with Crippen molar-refractivity contribution in [2.24, 2.45) is 28.3 Å². The lowest BCUT2D eigenvalue weighted by Crippen LogP contribution is -2.65. The number of hydrogen-bond donors (Lipinski definition) is 2. The van der Waals surface area contributed by atoms with Gasteiger partial charge < -0.3 is 24.8 Å². The maximum Gasteiger partial charge on any atom is 0.481 e. The molecule has 1 unspecified atom stereocenters. The summed E-state index contributed by atoms with van der Waals surface area (Å²) in [7, 11) is -0.555. The molecule has 2 aliphatic heterocycles. The number of halogens is 1. The molecule has 7 rings (SSSR count). The van der Waals surface area contributed by atoms with Crippen molar-refractivity contribution >= 4 is 36.2 Å². The molecule has 5 aliphatic rings. The van der Waals surface area contributed by atoms with Gasteiger partial charge in [0.1, 0.15) is 5.69 Å². The van der Waals surface area contributed by atoms with Gasteiger partial charge >= 0.3 is 7.12 Å². The topological polar surface area (TPSA) is 116 Å². The van der Waals surface area contributed by atoms with Crippen LogP contribution in [0.1, 0.15) is 102 Å². The lowest BCUT2D eigenvalue weighted by molar-refractivity contribution is -0.199. The SMILES string of the molecule is Cc1nn(C(C)C)c(C(=O)NCC2=NOC(Cc3ccccc3)(C(=O)N[C@@H](CC(C)C)B3O[C@@H]4C[C@@H]5C[C@@H](C5(C)C)[C@]4(C)O3)C2)c1Cl. The summed E-state index contributed by atoms with van der Waals surface area (Å²) in [6.07, 6.45) is 3.36. The summed E-state index contributed by atoms with van der Waals surface area (Å²) in [5.41, 5.74) is 0.932. The number of hydrogen-bond acceptors (Lipinski definition) is 7. The van der Waals surface area contributed by atoms with E-state index < -0.39 is 12.7 Å². The van der Waals surface area contributed by atoms with Crippen LogP contribution in [0, 0.1) is 30.1 Å². The van der Waals surface area contributed by atoms with Crippen molar-refractivity contribution in [2.45, 2.75) is 117 Å². The zero-order valence-corrected chi connectivity index (χ0v) is 29.7. The first-order valence-corrected chi connectivity index (χ1v) is 17.5. The number of carbonyl (C=O) groups is 2. The van der Waals surface area contributed by atoms with Crippen LogP contribution in [0.5, 0.6) is 0 Å². The molecule has 0 radical (unpaired) electrons. The average Bonchev–Trinajstić information content (AvgIpc) is 3.69. The van der Waals surface area contributed by atoms with Crippen molar-refractivity contribution in [2.75, 3.05) is 6.54 Å². The van der Waals surface area contributed by atoms with Crippen LogP contribution >= 0.6 is 11.6 Å². The van der Waals surface area contributed by atoms with E-state index in [1.807, 2.05) is 44.2 Å². The summed E-state index contributed by atoms with van der Waals surface area (Å²) in [4.78, 5) is 33.8. The third-order valence-corrected chi connectivity index (χ3v) is 11.5. The summed E-state index contributed by atoms with van der Waals surface area (Å²) in [5.74, 6) is 0.345. The van der Waals surface area contributed by atoms with Crippen molar-refractivity contribution in [1.29, 1.82) is 0 Å². The van der Waals surface area contributed by atoms with Crippen LogP contribution in [0.4, 0.5) is 0 Å². The maximum atomic E-state index is 14.4. The summed E-state index contributed by atoms with van der Waals surface area (Å²) in [5, 5.41) is 15.3. The fourth-order valence-corrected chi connectivity index (χ4v) is 8.56. The highest BCUT2D eigenvalue weighted by Crippen LogP contribution is 2.65. The number of rotatable bonds is 11. The number of oxime groups is 1. The third kappa shape index (κ3) is 6.12. The second-order valence-electron chi connectivity index (χ2n) is 15.6. The molecule has 2 N–H and O–H groups in total. The van der Waals surface area contributed by atoms with Gasteiger partial charge in [0.2, 0.25) is 5.60 Å². The Morgan fingerprint density at radius 1 is 1.13 bits per heavy atom. The Hall–Kier alpha value is -2.89. The monoisotopic (exact) mass is 665 g/mol. The number of nitrogens with zero attached hydrogens (tertiary/aromatic N) is 3. The molecule has 1 saturated heterocycles. The molecule has 47 heavy (non-hydrogen) atoms. The highest BCUT2D eigenvalue weighted by atomic mass is 35.5. The molecule has 2 amide bonds. The van der Waals surface area contributed by atoms with Gasteiger partial charge in [0.05, 0.1) is 40.6 Å². The standard InChI is InChI=1S/C35H49BClN5O5/c1-20(2)14-28(36-45-27-16-24-15-26(33(24,6)7)34(27,8)46-36)39-32(44)35(17-23-12-10-9-11-13-23)18-25(41-47-35)19-38-31(43)30-29(37)22(5)40-42(30)21(3)4/h9-13,20-21,24,26-28H,14-19H2,1-8H3,(H,38,43)(H,39,44)/t24-,26-,27+,28-,34-,35?/m0/s1. The zero-order valence-electron chi connectivity index (χ0n) is 28.9. The van der Waals surface area contributed by atoms with Crippen LogP contribution in [-0.2, 0) is 25.4 Å². The lowest BCUT2D eigenvalue weighted by atomic mass is 9.43. The van der Waals surface area contributed by atoms with Crippen LogP contribution in [0.15, 0.2) is 35.5 Å². The van der Waals surface area contributed by atoms with Crippen LogP contribution in [0.25, 0.3) is 0 Å². The van der Waals surface area contributed by atoms with E-state index in [-0.39, 0.29) is 53.9 Å². The zero-order chi connectivity index (χ0) is 33.9. The molecule has 3 saturated carbocycles. The van der Waals surface area contributed by atoms with Crippen LogP contribution in [0.3, 0.4) is 0 Å². The molecule has 1 aromatic heterocycles. The minimum Gasteiger partial charge on any atom is -0.404 e. The Labute approximate surface area is 283 Å². The number of nitrogens with one attached hydrogen (secondary N) is 2. The van der Waals surface area contributed by atoms with E-state index in [0.717, 1.165) is 18.4 Å². The van der Waals surface area contributed by atoms with Crippen molar-refractivity contribution in [3.8, 4) is 0 Å².